The number of rotatable bonds is 7. The highest BCUT2D eigenvalue weighted by molar-refractivity contribution is 7.92. The SMILES string of the molecule is COc1ncc(-c2ccc3ncnc(N4CCNCC4)c3c2)cc1N(OC(=O)C(F)(F)F)S(=O)(=O)c1ccc(F)cc1Cl. The molecule has 0 bridgehead atoms. The van der Waals surface area contributed by atoms with Gasteiger partial charge in [0.15, 0.2) is 5.69 Å². The van der Waals surface area contributed by atoms with Crippen LogP contribution >= 0.6 is 11.6 Å². The summed E-state index contributed by atoms with van der Waals surface area (Å²) in [6.45, 7) is 2.87. The largest absolute Gasteiger partial charge is 0.493 e. The number of carbonyl (C=O) groups excluding carboxylic acids is 1. The van der Waals surface area contributed by atoms with Crippen LogP contribution in [-0.4, -0.2) is 68.8 Å². The fourth-order valence-corrected chi connectivity index (χ4v) is 6.11. The number of ether oxygens (including phenoxy) is 1. The van der Waals surface area contributed by atoms with Gasteiger partial charge in [0.25, 0.3) is 10.0 Å². The summed E-state index contributed by atoms with van der Waals surface area (Å²) < 4.78 is 85.5. The summed E-state index contributed by atoms with van der Waals surface area (Å²) in [5.74, 6) is -3.62. The molecule has 2 aromatic heterocycles. The maximum absolute atomic E-state index is 13.7. The lowest BCUT2D eigenvalue weighted by atomic mass is 10.0. The Morgan fingerprint density at radius 1 is 1.05 bits per heavy atom. The number of fused-ring (bicyclic) bond motifs is 1. The van der Waals surface area contributed by atoms with Gasteiger partial charge in [0.2, 0.25) is 5.88 Å². The molecule has 43 heavy (non-hydrogen) atoms. The van der Waals surface area contributed by atoms with Crippen molar-refractivity contribution in [1.29, 1.82) is 0 Å². The van der Waals surface area contributed by atoms with Gasteiger partial charge in [0.1, 0.15) is 22.9 Å². The number of pyridine rings is 1. The molecule has 0 spiro atoms. The van der Waals surface area contributed by atoms with E-state index >= 15 is 0 Å². The first-order chi connectivity index (χ1) is 20.4. The number of carbonyl (C=O) groups is 1. The summed E-state index contributed by atoms with van der Waals surface area (Å²) in [5.41, 5.74) is 0.587. The molecular weight excluding hydrogens is 620 g/mol. The number of piperazine rings is 1. The molecule has 0 aliphatic carbocycles. The molecule has 2 aromatic carbocycles. The summed E-state index contributed by atoms with van der Waals surface area (Å²) >= 11 is 5.93. The summed E-state index contributed by atoms with van der Waals surface area (Å²) in [7, 11) is -4.12. The van der Waals surface area contributed by atoms with Crippen LogP contribution in [0.5, 0.6) is 5.88 Å². The topological polar surface area (TPSA) is 127 Å². The molecule has 0 atom stereocenters. The second-order valence-corrected chi connectivity index (χ2v) is 11.2. The summed E-state index contributed by atoms with van der Waals surface area (Å²) in [6.07, 6.45) is -2.86. The molecule has 0 amide bonds. The first kappa shape index (κ1) is 30.2. The molecule has 1 saturated heterocycles. The van der Waals surface area contributed by atoms with Gasteiger partial charge in [-0.25, -0.2) is 24.1 Å². The third-order valence-electron chi connectivity index (χ3n) is 6.37. The number of benzene rings is 2. The van der Waals surface area contributed by atoms with E-state index in [1.54, 1.807) is 18.2 Å². The summed E-state index contributed by atoms with van der Waals surface area (Å²) in [6, 6.07) is 8.24. The highest BCUT2D eigenvalue weighted by atomic mass is 35.5. The molecule has 1 aliphatic heterocycles. The Labute approximate surface area is 247 Å². The van der Waals surface area contributed by atoms with Crippen LogP contribution < -0.4 is 19.4 Å². The molecule has 0 saturated carbocycles. The van der Waals surface area contributed by atoms with Crippen LogP contribution in [0.2, 0.25) is 5.02 Å². The molecular formula is C26H21ClF4N6O5S. The van der Waals surface area contributed by atoms with Crippen molar-refractivity contribution in [2.24, 2.45) is 0 Å². The van der Waals surface area contributed by atoms with E-state index in [0.29, 0.717) is 47.5 Å². The van der Waals surface area contributed by atoms with Crippen molar-refractivity contribution in [1.82, 2.24) is 20.3 Å². The minimum atomic E-state index is -5.59. The number of halogens is 5. The van der Waals surface area contributed by atoms with Gasteiger partial charge in [0, 0.05) is 43.3 Å². The molecule has 1 N–H and O–H groups in total. The van der Waals surface area contributed by atoms with Crippen LogP contribution in [0.4, 0.5) is 29.1 Å². The van der Waals surface area contributed by atoms with Gasteiger partial charge in [-0.2, -0.15) is 21.6 Å². The Morgan fingerprint density at radius 3 is 2.47 bits per heavy atom. The molecule has 0 unspecified atom stereocenters. The number of nitrogens with zero attached hydrogens (tertiary/aromatic N) is 5. The number of hydrogen-bond acceptors (Lipinski definition) is 10. The van der Waals surface area contributed by atoms with Crippen molar-refractivity contribution in [2.75, 3.05) is 42.7 Å². The Kier molecular flexibility index (Phi) is 8.27. The average Bonchev–Trinajstić information content (AvgIpc) is 2.98. The van der Waals surface area contributed by atoms with E-state index in [9.17, 15) is 30.8 Å². The fourth-order valence-electron chi connectivity index (χ4n) is 4.37. The minimum Gasteiger partial charge on any atom is -0.479 e. The van der Waals surface area contributed by atoms with Crippen molar-refractivity contribution in [2.45, 2.75) is 11.1 Å². The molecule has 17 heteroatoms. The number of hydrogen-bond donors (Lipinski definition) is 1. The van der Waals surface area contributed by atoms with Crippen molar-refractivity contribution in [3.63, 3.8) is 0 Å². The van der Waals surface area contributed by atoms with Crippen molar-refractivity contribution in [3.05, 3.63) is 65.8 Å². The standard InChI is InChI=1S/C26H21ClF4N6O5S/c1-41-24-21(37(42-25(38)26(29,30)31)43(39,40)22-5-3-17(28)12-19(22)27)11-16(13-33-24)15-2-4-20-18(10-15)23(35-14-34-20)36-8-6-32-7-9-36/h2-5,10-14,32H,6-9H2,1H3. The lowest BCUT2D eigenvalue weighted by Gasteiger charge is -2.29. The van der Waals surface area contributed by atoms with Gasteiger partial charge in [-0.1, -0.05) is 22.1 Å². The van der Waals surface area contributed by atoms with E-state index in [0.717, 1.165) is 32.3 Å². The van der Waals surface area contributed by atoms with Crippen molar-refractivity contribution >= 4 is 50.0 Å². The number of nitrogens with one attached hydrogen (secondary N) is 1. The number of aromatic nitrogens is 3. The zero-order chi connectivity index (χ0) is 30.9. The van der Waals surface area contributed by atoms with Crippen molar-refractivity contribution < 1.29 is 40.3 Å². The minimum absolute atomic E-state index is 0.210. The lowest BCUT2D eigenvalue weighted by molar-refractivity contribution is -0.199. The lowest BCUT2D eigenvalue weighted by Crippen LogP contribution is -2.44. The van der Waals surface area contributed by atoms with E-state index in [4.69, 9.17) is 16.3 Å². The van der Waals surface area contributed by atoms with E-state index in [1.165, 1.54) is 12.5 Å². The highest BCUT2D eigenvalue weighted by Gasteiger charge is 2.46. The molecule has 1 aliphatic rings. The maximum atomic E-state index is 13.7. The van der Waals surface area contributed by atoms with E-state index in [2.05, 4.69) is 30.0 Å². The van der Waals surface area contributed by atoms with E-state index in [-0.39, 0.29) is 10.0 Å². The molecule has 226 valence electrons. The number of sulfonamides is 1. The highest BCUT2D eigenvalue weighted by Crippen LogP contribution is 2.38. The molecule has 0 radical (unpaired) electrons. The average molecular weight is 641 g/mol. The normalized spacial score (nSPS) is 14.0. The van der Waals surface area contributed by atoms with Gasteiger partial charge in [-0.3, -0.25) is 0 Å². The van der Waals surface area contributed by atoms with E-state index in [1.807, 2.05) is 0 Å². The third kappa shape index (κ3) is 6.11. The first-order valence-electron chi connectivity index (χ1n) is 12.4. The maximum Gasteiger partial charge on any atom is 0.493 e. The zero-order valence-corrected chi connectivity index (χ0v) is 23.7. The van der Waals surface area contributed by atoms with Crippen LogP contribution in [-0.2, 0) is 19.7 Å². The molecule has 4 aromatic rings. The molecule has 5 rings (SSSR count). The van der Waals surface area contributed by atoms with Gasteiger partial charge in [-0.05, 0) is 42.0 Å². The quantitative estimate of drug-likeness (QED) is 0.233. The summed E-state index contributed by atoms with van der Waals surface area (Å²) in [5, 5.41) is 3.24. The first-order valence-corrected chi connectivity index (χ1v) is 14.3. The molecule has 3 heterocycles. The van der Waals surface area contributed by atoms with Gasteiger partial charge in [-0.15, -0.1) is 0 Å². The second-order valence-electron chi connectivity index (χ2n) is 9.10. The fraction of sp³-hybridized carbons (Fsp3) is 0.231. The monoisotopic (exact) mass is 640 g/mol. The number of methoxy groups -OCH3 is 1. The Morgan fingerprint density at radius 2 is 1.79 bits per heavy atom. The molecule has 11 nitrogen and oxygen atoms in total. The Hall–Kier alpha value is -4.28. The van der Waals surface area contributed by atoms with Gasteiger partial charge < -0.3 is 19.8 Å². The number of alkyl halides is 3. The predicted octanol–water partition coefficient (Wildman–Crippen LogP) is 4.12. The second kappa shape index (κ2) is 11.8. The summed E-state index contributed by atoms with van der Waals surface area (Å²) in [4.78, 5) is 30.3. The van der Waals surface area contributed by atoms with Crippen LogP contribution in [0.15, 0.2) is 59.9 Å². The third-order valence-corrected chi connectivity index (χ3v) is 8.42. The van der Waals surface area contributed by atoms with Crippen LogP contribution in [0.25, 0.3) is 22.0 Å². The van der Waals surface area contributed by atoms with Gasteiger partial charge >= 0.3 is 12.1 Å². The van der Waals surface area contributed by atoms with Crippen LogP contribution in [0.3, 0.4) is 0 Å². The Bertz CT molecular complexity index is 1810. The van der Waals surface area contributed by atoms with Gasteiger partial charge in [0.05, 0.1) is 17.6 Å². The van der Waals surface area contributed by atoms with Crippen LogP contribution in [0, 0.1) is 5.82 Å². The Balaban J connectivity index is 1.66. The predicted molar refractivity (Wildman–Crippen MR) is 148 cm³/mol. The van der Waals surface area contributed by atoms with Crippen molar-refractivity contribution in [3.8, 4) is 17.0 Å². The van der Waals surface area contributed by atoms with Crippen LogP contribution in [0.1, 0.15) is 0 Å². The molecule has 1 fully saturated rings. The smallest absolute Gasteiger partial charge is 0.479 e. The van der Waals surface area contributed by atoms with E-state index < -0.39 is 49.5 Å². The zero-order valence-electron chi connectivity index (χ0n) is 22.1. The number of anilines is 2.